The second-order valence-electron chi connectivity index (χ2n) is 7.81. The Balaban J connectivity index is 2.07. The molecule has 0 aromatic heterocycles. The quantitative estimate of drug-likeness (QED) is 0.213. The van der Waals surface area contributed by atoms with Crippen molar-refractivity contribution in [2.45, 2.75) is 26.3 Å². The Morgan fingerprint density at radius 1 is 0.758 bits per heavy atom. The molecule has 0 spiro atoms. The van der Waals surface area contributed by atoms with E-state index in [0.29, 0.717) is 31.8 Å². The normalized spacial score (nSPS) is 11.6. The van der Waals surface area contributed by atoms with Crippen LogP contribution in [0.5, 0.6) is 11.5 Å². The van der Waals surface area contributed by atoms with Crippen molar-refractivity contribution in [1.82, 2.24) is 0 Å². The topological polar surface area (TPSA) is 127 Å². The fraction of sp³-hybridized carbons (Fsp3) is 0.500. The fourth-order valence-corrected chi connectivity index (χ4v) is 3.71. The Morgan fingerprint density at radius 2 is 1.36 bits per heavy atom. The summed E-state index contributed by atoms with van der Waals surface area (Å²) in [5, 5.41) is 41.3. The predicted molar refractivity (Wildman–Crippen MR) is 134 cm³/mol. The summed E-state index contributed by atoms with van der Waals surface area (Å²) in [7, 11) is 3.23. The van der Waals surface area contributed by atoms with Crippen LogP contribution in [0.3, 0.4) is 0 Å². The average Bonchev–Trinajstić information content (AvgIpc) is 2.80. The van der Waals surface area contributed by atoms with E-state index in [0.717, 1.165) is 39.6 Å². The largest absolute Gasteiger partial charge is 0.494 e. The van der Waals surface area contributed by atoms with Crippen molar-refractivity contribution in [1.29, 1.82) is 0 Å². The molecule has 0 aliphatic rings. The maximum absolute atomic E-state index is 9.95. The van der Waals surface area contributed by atoms with Gasteiger partial charge in [0.05, 0.1) is 57.1 Å². The number of hydrogen-bond acceptors (Lipinski definition) is 9. The van der Waals surface area contributed by atoms with Gasteiger partial charge in [-0.3, -0.25) is 0 Å². The number of aliphatic hydroxyl groups excluding tert-OH is 3. The summed E-state index contributed by atoms with van der Waals surface area (Å²) in [5.74, 6) is 1.40. The molecule has 9 heteroatoms. The number of anilines is 4. The molecule has 2 aromatic carbocycles. The molecule has 0 aliphatic carbocycles. The minimum Gasteiger partial charge on any atom is -0.494 e. The van der Waals surface area contributed by atoms with Crippen LogP contribution in [0.4, 0.5) is 22.7 Å². The highest BCUT2D eigenvalue weighted by Crippen LogP contribution is 2.35. The molecule has 33 heavy (non-hydrogen) atoms. The van der Waals surface area contributed by atoms with Gasteiger partial charge in [-0.15, -0.1) is 0 Å². The van der Waals surface area contributed by atoms with Crippen LogP contribution in [0.25, 0.3) is 0 Å². The number of benzene rings is 2. The van der Waals surface area contributed by atoms with Gasteiger partial charge in [0.1, 0.15) is 5.75 Å². The predicted octanol–water partition coefficient (Wildman–Crippen LogP) is 2.40. The summed E-state index contributed by atoms with van der Waals surface area (Å²) in [6.07, 6.45) is 0.664. The molecule has 184 valence electrons. The molecular formula is C24H38N4O5. The Labute approximate surface area is 196 Å². The minimum atomic E-state index is -0.190. The number of nitrogens with one attached hydrogen (secondary N) is 4. The zero-order valence-corrected chi connectivity index (χ0v) is 20.0. The van der Waals surface area contributed by atoms with Crippen LogP contribution in [0.2, 0.25) is 0 Å². The van der Waals surface area contributed by atoms with Gasteiger partial charge < -0.3 is 46.1 Å². The van der Waals surface area contributed by atoms with Crippen molar-refractivity contribution in [2.24, 2.45) is 0 Å². The third kappa shape index (κ3) is 7.59. The van der Waals surface area contributed by atoms with Gasteiger partial charge >= 0.3 is 0 Å². The second-order valence-corrected chi connectivity index (χ2v) is 7.81. The fourth-order valence-electron chi connectivity index (χ4n) is 3.71. The molecule has 2 rings (SSSR count). The van der Waals surface area contributed by atoms with Crippen LogP contribution in [0.15, 0.2) is 24.3 Å². The molecule has 0 amide bonds. The van der Waals surface area contributed by atoms with Crippen molar-refractivity contribution in [3.63, 3.8) is 0 Å². The molecule has 0 heterocycles. The van der Waals surface area contributed by atoms with E-state index in [2.05, 4.69) is 21.3 Å². The Hall–Kier alpha value is -2.88. The molecule has 0 bridgehead atoms. The van der Waals surface area contributed by atoms with E-state index in [9.17, 15) is 5.11 Å². The van der Waals surface area contributed by atoms with Crippen molar-refractivity contribution < 1.29 is 24.8 Å². The van der Waals surface area contributed by atoms with Gasteiger partial charge in [-0.1, -0.05) is 0 Å². The first-order valence-electron chi connectivity index (χ1n) is 11.1. The second kappa shape index (κ2) is 13.6. The van der Waals surface area contributed by atoms with Crippen molar-refractivity contribution >= 4 is 22.7 Å². The summed E-state index contributed by atoms with van der Waals surface area (Å²) in [6, 6.07) is 7.71. The number of methoxy groups -OCH3 is 2. The lowest BCUT2D eigenvalue weighted by atomic mass is 10.1. The lowest BCUT2D eigenvalue weighted by Crippen LogP contribution is -2.27. The van der Waals surface area contributed by atoms with Gasteiger partial charge in [0, 0.05) is 25.3 Å². The van der Waals surface area contributed by atoms with E-state index < -0.39 is 0 Å². The number of rotatable bonds is 15. The average molecular weight is 463 g/mol. The summed E-state index contributed by atoms with van der Waals surface area (Å²) in [4.78, 5) is 0. The van der Waals surface area contributed by atoms with Gasteiger partial charge in [0.15, 0.2) is 5.75 Å². The highest BCUT2D eigenvalue weighted by Gasteiger charge is 2.15. The van der Waals surface area contributed by atoms with Crippen molar-refractivity contribution in [3.05, 3.63) is 35.4 Å². The standard InChI is InChI=1S/C24H38N4O5/c1-16-11-20(26-7-9-29)24(33-4)22(12-16)28-18(15-31)5-6-25-19-13-17(2)23(32-3)21(14-19)27-8-10-30/h11-14,18,25-31H,5-10,15H2,1-4H3. The van der Waals surface area contributed by atoms with Gasteiger partial charge in [-0.05, 0) is 55.7 Å². The number of aliphatic hydroxyl groups is 3. The molecule has 0 saturated carbocycles. The van der Waals surface area contributed by atoms with Crippen LogP contribution < -0.4 is 30.7 Å². The van der Waals surface area contributed by atoms with E-state index in [1.165, 1.54) is 0 Å². The number of aryl methyl sites for hydroxylation is 2. The number of ether oxygens (including phenoxy) is 2. The monoisotopic (exact) mass is 462 g/mol. The van der Waals surface area contributed by atoms with E-state index in [-0.39, 0.29) is 25.9 Å². The summed E-state index contributed by atoms with van der Waals surface area (Å²) in [6.45, 7) is 5.45. The zero-order chi connectivity index (χ0) is 24.2. The molecule has 0 saturated heterocycles. The third-order valence-corrected chi connectivity index (χ3v) is 5.17. The van der Waals surface area contributed by atoms with E-state index >= 15 is 0 Å². The van der Waals surface area contributed by atoms with E-state index in [1.807, 2.05) is 38.1 Å². The van der Waals surface area contributed by atoms with Gasteiger partial charge in [-0.25, -0.2) is 0 Å². The van der Waals surface area contributed by atoms with E-state index in [1.54, 1.807) is 14.2 Å². The van der Waals surface area contributed by atoms with Crippen LogP contribution in [-0.4, -0.2) is 75.0 Å². The first-order valence-corrected chi connectivity index (χ1v) is 11.1. The number of hydrogen-bond donors (Lipinski definition) is 7. The molecule has 9 nitrogen and oxygen atoms in total. The SMILES string of the molecule is COc1c(C)cc(NCCC(CO)Nc2cc(C)cc(NCCO)c2OC)cc1NCCO. The molecule has 0 aliphatic heterocycles. The molecule has 2 aromatic rings. The smallest absolute Gasteiger partial charge is 0.165 e. The van der Waals surface area contributed by atoms with Crippen molar-refractivity contribution in [3.8, 4) is 11.5 Å². The summed E-state index contributed by atoms with van der Waals surface area (Å²) >= 11 is 0. The lowest BCUT2D eigenvalue weighted by Gasteiger charge is -2.22. The molecule has 1 unspecified atom stereocenters. The van der Waals surface area contributed by atoms with Gasteiger partial charge in [0.2, 0.25) is 0 Å². The van der Waals surface area contributed by atoms with Crippen LogP contribution in [0, 0.1) is 13.8 Å². The molecule has 1 atom stereocenters. The molecule has 0 radical (unpaired) electrons. The van der Waals surface area contributed by atoms with E-state index in [4.69, 9.17) is 19.7 Å². The highest BCUT2D eigenvalue weighted by atomic mass is 16.5. The maximum Gasteiger partial charge on any atom is 0.165 e. The summed E-state index contributed by atoms with van der Waals surface area (Å²) in [5.41, 5.74) is 5.33. The zero-order valence-electron chi connectivity index (χ0n) is 20.0. The molecule has 0 fully saturated rings. The lowest BCUT2D eigenvalue weighted by molar-refractivity contribution is 0.270. The minimum absolute atomic E-state index is 0.0207. The molecular weight excluding hydrogens is 424 g/mol. The van der Waals surface area contributed by atoms with Crippen LogP contribution >= 0.6 is 0 Å². The first kappa shape index (κ1) is 26.4. The summed E-state index contributed by atoms with van der Waals surface area (Å²) < 4.78 is 11.1. The Kier molecular flexibility index (Phi) is 10.9. The van der Waals surface area contributed by atoms with Crippen LogP contribution in [-0.2, 0) is 0 Å². The van der Waals surface area contributed by atoms with Crippen LogP contribution in [0.1, 0.15) is 17.5 Å². The van der Waals surface area contributed by atoms with Crippen molar-refractivity contribution in [2.75, 3.05) is 74.9 Å². The Bertz CT molecular complexity index is 878. The first-order chi connectivity index (χ1) is 16.0. The molecule has 7 N–H and O–H groups in total. The van der Waals surface area contributed by atoms with Gasteiger partial charge in [-0.2, -0.15) is 0 Å². The highest BCUT2D eigenvalue weighted by molar-refractivity contribution is 5.73. The Morgan fingerprint density at radius 3 is 1.94 bits per heavy atom. The van der Waals surface area contributed by atoms with Gasteiger partial charge in [0.25, 0.3) is 0 Å². The third-order valence-electron chi connectivity index (χ3n) is 5.17. The maximum atomic E-state index is 9.95.